The summed E-state index contributed by atoms with van der Waals surface area (Å²) in [5.74, 6) is 1.30. The Morgan fingerprint density at radius 2 is 2.04 bits per heavy atom. The average molecular weight is 379 g/mol. The molecule has 1 unspecified atom stereocenters. The molecule has 0 spiro atoms. The third-order valence-corrected chi connectivity index (χ3v) is 4.90. The maximum absolute atomic E-state index is 9.90. The van der Waals surface area contributed by atoms with Crippen LogP contribution in [0, 0.1) is 5.41 Å². The highest BCUT2D eigenvalue weighted by Gasteiger charge is 2.33. The molecule has 0 fully saturated rings. The normalized spacial score (nSPS) is 14.7. The monoisotopic (exact) mass is 379 g/mol. The molecule has 1 aliphatic rings. The molecule has 2 aromatic carbocycles. The van der Waals surface area contributed by atoms with Crippen LogP contribution in [0.25, 0.3) is 0 Å². The van der Waals surface area contributed by atoms with Crippen molar-refractivity contribution in [2.75, 3.05) is 13.7 Å². The van der Waals surface area contributed by atoms with Gasteiger partial charge in [-0.2, -0.15) is 0 Å². The van der Waals surface area contributed by atoms with Crippen LogP contribution < -0.4 is 15.0 Å². The van der Waals surface area contributed by atoms with Crippen molar-refractivity contribution in [3.05, 3.63) is 71.0 Å². The fourth-order valence-corrected chi connectivity index (χ4v) is 3.60. The van der Waals surface area contributed by atoms with Gasteiger partial charge in [-0.3, -0.25) is 5.41 Å². The lowest BCUT2D eigenvalue weighted by atomic mass is 9.83. The van der Waals surface area contributed by atoms with Gasteiger partial charge in [-0.25, -0.2) is 4.98 Å². The summed E-state index contributed by atoms with van der Waals surface area (Å²) in [6.07, 6.45) is 2.07. The number of aryl methyl sites for hydroxylation is 1. The van der Waals surface area contributed by atoms with Gasteiger partial charge >= 0.3 is 0 Å². The number of methoxy groups -OCH3 is 1. The maximum Gasteiger partial charge on any atom is 0.228 e. The van der Waals surface area contributed by atoms with Crippen LogP contribution >= 0.6 is 0 Å². The summed E-state index contributed by atoms with van der Waals surface area (Å²) in [5.41, 5.74) is 2.61. The smallest absolute Gasteiger partial charge is 0.228 e. The van der Waals surface area contributed by atoms with Gasteiger partial charge in [0.15, 0.2) is 0 Å². The summed E-state index contributed by atoms with van der Waals surface area (Å²) in [6, 6.07) is 12.6. The van der Waals surface area contributed by atoms with Crippen molar-refractivity contribution in [3.63, 3.8) is 0 Å². The second kappa shape index (κ2) is 7.36. The third-order valence-electron chi connectivity index (χ3n) is 4.90. The number of para-hydroxylation sites is 1. The molecule has 3 aromatic rings. The first-order valence-corrected chi connectivity index (χ1v) is 9.02. The lowest BCUT2D eigenvalue weighted by Gasteiger charge is -2.29. The Morgan fingerprint density at radius 1 is 1.21 bits per heavy atom. The second-order valence-corrected chi connectivity index (χ2v) is 6.58. The van der Waals surface area contributed by atoms with Crippen LogP contribution in [0.15, 0.2) is 48.8 Å². The Bertz CT molecular complexity index is 1080. The largest absolute Gasteiger partial charge is 0.508 e. The van der Waals surface area contributed by atoms with Crippen LogP contribution in [0.2, 0.25) is 0 Å². The van der Waals surface area contributed by atoms with Crippen molar-refractivity contribution in [3.8, 4) is 23.1 Å². The molecule has 7 heteroatoms. The van der Waals surface area contributed by atoms with E-state index in [9.17, 15) is 5.11 Å². The van der Waals surface area contributed by atoms with Crippen molar-refractivity contribution in [1.29, 1.82) is 5.41 Å². The molecule has 0 radical (unpaired) electrons. The van der Waals surface area contributed by atoms with Crippen molar-refractivity contribution in [2.24, 2.45) is 0 Å². The third kappa shape index (κ3) is 2.99. The minimum Gasteiger partial charge on any atom is -0.508 e. The Morgan fingerprint density at radius 3 is 2.82 bits per heavy atom. The predicted molar refractivity (Wildman–Crippen MR) is 102 cm³/mol. The summed E-state index contributed by atoms with van der Waals surface area (Å²) >= 11 is 0. The van der Waals surface area contributed by atoms with E-state index in [0.717, 1.165) is 11.1 Å². The predicted octanol–water partition coefficient (Wildman–Crippen LogP) is 2.75. The van der Waals surface area contributed by atoms with Crippen molar-refractivity contribution >= 4 is 0 Å². The highest BCUT2D eigenvalue weighted by molar-refractivity contribution is 5.59. The highest BCUT2D eigenvalue weighted by Crippen LogP contribution is 2.47. The fourth-order valence-electron chi connectivity index (χ4n) is 3.60. The summed E-state index contributed by atoms with van der Waals surface area (Å²) in [5, 5.41) is 27.8. The van der Waals surface area contributed by atoms with Gasteiger partial charge in [0.2, 0.25) is 5.88 Å². The highest BCUT2D eigenvalue weighted by atomic mass is 16.5. The molecule has 3 N–H and O–H groups in total. The summed E-state index contributed by atoms with van der Waals surface area (Å²) in [7, 11) is 1.61. The molecule has 0 aliphatic carbocycles. The van der Waals surface area contributed by atoms with Crippen LogP contribution in [0.5, 0.6) is 23.1 Å². The number of nitrogens with zero attached hydrogens (tertiary/aromatic N) is 2. The summed E-state index contributed by atoms with van der Waals surface area (Å²) in [6.45, 7) is 0.523. The Hall–Kier alpha value is -3.32. The number of phenolic OH excluding ortho intramolecular Hbond substituents is 1. The molecular formula is C21H21N3O4. The zero-order chi connectivity index (χ0) is 19.7. The molecule has 1 aromatic heterocycles. The molecule has 0 saturated heterocycles. The molecule has 0 saturated carbocycles. The number of aliphatic hydroxyl groups is 1. The van der Waals surface area contributed by atoms with Crippen molar-refractivity contribution in [1.82, 2.24) is 9.55 Å². The van der Waals surface area contributed by atoms with Gasteiger partial charge in [-0.1, -0.05) is 24.3 Å². The quantitative estimate of drug-likeness (QED) is 0.495. The van der Waals surface area contributed by atoms with Crippen LogP contribution in [0.1, 0.15) is 29.0 Å². The van der Waals surface area contributed by atoms with E-state index in [1.165, 1.54) is 0 Å². The number of benzene rings is 2. The topological polar surface area (TPSA) is 101 Å². The molecule has 2 heterocycles. The zero-order valence-electron chi connectivity index (χ0n) is 15.4. The van der Waals surface area contributed by atoms with Crippen LogP contribution in [0.3, 0.4) is 0 Å². The van der Waals surface area contributed by atoms with E-state index in [1.807, 2.05) is 24.3 Å². The first-order chi connectivity index (χ1) is 13.6. The molecular weight excluding hydrogens is 358 g/mol. The molecule has 0 amide bonds. The van der Waals surface area contributed by atoms with Gasteiger partial charge < -0.3 is 24.3 Å². The first-order valence-electron chi connectivity index (χ1n) is 9.02. The molecule has 0 bridgehead atoms. The van der Waals surface area contributed by atoms with Gasteiger partial charge in [-0.05, 0) is 18.6 Å². The number of hydrogen-bond acceptors (Lipinski definition) is 6. The van der Waals surface area contributed by atoms with Gasteiger partial charge in [-0.15, -0.1) is 0 Å². The number of phenols is 1. The molecule has 28 heavy (non-hydrogen) atoms. The van der Waals surface area contributed by atoms with Crippen LogP contribution in [-0.4, -0.2) is 33.5 Å². The molecule has 4 rings (SSSR count). The Balaban J connectivity index is 1.97. The Labute approximate surface area is 162 Å². The van der Waals surface area contributed by atoms with Gasteiger partial charge in [0.1, 0.15) is 29.1 Å². The van der Waals surface area contributed by atoms with Gasteiger partial charge in [0.25, 0.3) is 0 Å². The first kappa shape index (κ1) is 18.1. The number of ether oxygens (including phenoxy) is 2. The number of rotatable bonds is 5. The standard InChI is InChI=1S/C21H21N3O4/c1-27-16-6-3-2-5-14(16)18-15-8-7-13(26)11-17(15)28-21-19(18)20(22)24(12-23-21)9-4-10-25/h2-3,5-8,11-12,18,22,25-26H,4,9-10H2,1H3. The van der Waals surface area contributed by atoms with E-state index in [2.05, 4.69) is 4.98 Å². The second-order valence-electron chi connectivity index (χ2n) is 6.58. The number of fused-ring (bicyclic) bond motifs is 2. The van der Waals surface area contributed by atoms with E-state index in [4.69, 9.17) is 20.0 Å². The molecule has 7 nitrogen and oxygen atoms in total. The van der Waals surface area contributed by atoms with Crippen LogP contribution in [-0.2, 0) is 6.54 Å². The van der Waals surface area contributed by atoms with E-state index >= 15 is 0 Å². The Kier molecular flexibility index (Phi) is 4.75. The number of aliphatic hydroxyl groups excluding tert-OH is 1. The van der Waals surface area contributed by atoms with E-state index < -0.39 is 0 Å². The van der Waals surface area contributed by atoms with E-state index in [0.29, 0.717) is 35.9 Å². The van der Waals surface area contributed by atoms with E-state index in [-0.39, 0.29) is 23.8 Å². The fraction of sp³-hybridized carbons (Fsp3) is 0.238. The van der Waals surface area contributed by atoms with Gasteiger partial charge in [0.05, 0.1) is 18.6 Å². The lowest BCUT2D eigenvalue weighted by Crippen LogP contribution is -2.30. The minimum atomic E-state index is -0.336. The van der Waals surface area contributed by atoms with Crippen molar-refractivity contribution < 1.29 is 19.7 Å². The number of aromatic hydroxyl groups is 1. The van der Waals surface area contributed by atoms with E-state index in [1.54, 1.807) is 36.2 Å². The maximum atomic E-state index is 9.90. The lowest BCUT2D eigenvalue weighted by molar-refractivity contribution is 0.278. The molecule has 144 valence electrons. The number of nitrogens with one attached hydrogen (secondary N) is 1. The van der Waals surface area contributed by atoms with Crippen molar-refractivity contribution in [2.45, 2.75) is 18.9 Å². The zero-order valence-corrected chi connectivity index (χ0v) is 15.4. The molecule has 1 aliphatic heterocycles. The van der Waals surface area contributed by atoms with Crippen LogP contribution in [0.4, 0.5) is 0 Å². The number of hydrogen-bond donors (Lipinski definition) is 3. The summed E-state index contributed by atoms with van der Waals surface area (Å²) < 4.78 is 13.2. The SMILES string of the molecule is COc1ccccc1C1c2ccc(O)cc2Oc2ncn(CCCO)c(=N)c21. The van der Waals surface area contributed by atoms with Gasteiger partial charge in [0, 0.05) is 30.3 Å². The average Bonchev–Trinajstić information content (AvgIpc) is 2.71. The summed E-state index contributed by atoms with van der Waals surface area (Å²) in [4.78, 5) is 4.41. The number of aromatic nitrogens is 2. The minimum absolute atomic E-state index is 0.0398. The molecule has 1 atom stereocenters.